The van der Waals surface area contributed by atoms with E-state index in [0.29, 0.717) is 0 Å². The standard InChI is InChI=1S/C26H29N3O/c1-28(24-17-18-29(20-24)19-21-11-5-2-6-12-21)26(30)27-25(22-13-7-3-8-14-22)23-15-9-4-10-16-23/h2-16,24-25H,17-20H2,1H3,(H,27,30)/t24-/m1/s1. The van der Waals surface area contributed by atoms with E-state index in [2.05, 4.69) is 58.7 Å². The van der Waals surface area contributed by atoms with Gasteiger partial charge in [-0.05, 0) is 23.1 Å². The number of benzene rings is 3. The zero-order valence-corrected chi connectivity index (χ0v) is 17.4. The van der Waals surface area contributed by atoms with Gasteiger partial charge in [-0.1, -0.05) is 91.0 Å². The topological polar surface area (TPSA) is 35.6 Å². The maximum Gasteiger partial charge on any atom is 0.318 e. The maximum absolute atomic E-state index is 13.1. The van der Waals surface area contributed by atoms with Crippen molar-refractivity contribution in [2.75, 3.05) is 20.1 Å². The second kappa shape index (κ2) is 9.59. The van der Waals surface area contributed by atoms with Crippen molar-refractivity contribution in [2.45, 2.75) is 25.0 Å². The monoisotopic (exact) mass is 399 g/mol. The summed E-state index contributed by atoms with van der Waals surface area (Å²) in [4.78, 5) is 17.5. The van der Waals surface area contributed by atoms with Crippen LogP contribution in [0.3, 0.4) is 0 Å². The Hall–Kier alpha value is -3.11. The molecule has 1 N–H and O–H groups in total. The molecule has 4 rings (SSSR count). The van der Waals surface area contributed by atoms with Gasteiger partial charge in [0.25, 0.3) is 0 Å². The van der Waals surface area contributed by atoms with E-state index in [1.807, 2.05) is 54.4 Å². The number of rotatable bonds is 6. The van der Waals surface area contributed by atoms with Gasteiger partial charge in [0.2, 0.25) is 0 Å². The molecule has 30 heavy (non-hydrogen) atoms. The fourth-order valence-electron chi connectivity index (χ4n) is 4.15. The van der Waals surface area contributed by atoms with E-state index in [1.165, 1.54) is 5.56 Å². The second-order valence-electron chi connectivity index (χ2n) is 7.98. The molecule has 1 heterocycles. The molecular formula is C26H29N3O. The Balaban J connectivity index is 1.41. The average Bonchev–Trinajstić information content (AvgIpc) is 3.27. The Kier molecular flexibility index (Phi) is 6.45. The Morgan fingerprint density at radius 3 is 2.03 bits per heavy atom. The van der Waals surface area contributed by atoms with E-state index in [4.69, 9.17) is 0 Å². The van der Waals surface area contributed by atoms with Gasteiger partial charge in [-0.2, -0.15) is 0 Å². The van der Waals surface area contributed by atoms with Gasteiger partial charge in [-0.25, -0.2) is 4.79 Å². The van der Waals surface area contributed by atoms with Crippen LogP contribution in [0.5, 0.6) is 0 Å². The van der Waals surface area contributed by atoms with Gasteiger partial charge >= 0.3 is 6.03 Å². The predicted molar refractivity (Wildman–Crippen MR) is 121 cm³/mol. The first kappa shape index (κ1) is 20.2. The molecule has 1 atom stereocenters. The van der Waals surface area contributed by atoms with Crippen molar-refractivity contribution in [1.29, 1.82) is 0 Å². The lowest BCUT2D eigenvalue weighted by Crippen LogP contribution is -2.46. The molecule has 0 radical (unpaired) electrons. The number of likely N-dealkylation sites (tertiary alicyclic amines) is 1. The van der Waals surface area contributed by atoms with Crippen LogP contribution in [0, 0.1) is 0 Å². The van der Waals surface area contributed by atoms with E-state index in [-0.39, 0.29) is 18.1 Å². The fourth-order valence-corrected chi connectivity index (χ4v) is 4.15. The third kappa shape index (κ3) is 4.89. The molecule has 1 saturated heterocycles. The van der Waals surface area contributed by atoms with Crippen molar-refractivity contribution < 1.29 is 4.79 Å². The van der Waals surface area contributed by atoms with Gasteiger partial charge in [0, 0.05) is 32.7 Å². The first-order valence-electron chi connectivity index (χ1n) is 10.6. The smallest absolute Gasteiger partial charge is 0.318 e. The van der Waals surface area contributed by atoms with Crippen LogP contribution >= 0.6 is 0 Å². The first-order valence-corrected chi connectivity index (χ1v) is 10.6. The third-order valence-electron chi connectivity index (χ3n) is 5.90. The summed E-state index contributed by atoms with van der Waals surface area (Å²) in [7, 11) is 1.92. The van der Waals surface area contributed by atoms with Crippen LogP contribution in [0.2, 0.25) is 0 Å². The van der Waals surface area contributed by atoms with E-state index >= 15 is 0 Å². The van der Waals surface area contributed by atoms with Crippen molar-refractivity contribution in [3.05, 3.63) is 108 Å². The number of amides is 2. The number of carbonyl (C=O) groups excluding carboxylic acids is 1. The van der Waals surface area contributed by atoms with E-state index in [0.717, 1.165) is 37.2 Å². The molecule has 0 saturated carbocycles. The van der Waals surface area contributed by atoms with Crippen molar-refractivity contribution >= 4 is 6.03 Å². The van der Waals surface area contributed by atoms with Crippen molar-refractivity contribution in [2.24, 2.45) is 0 Å². The van der Waals surface area contributed by atoms with Gasteiger partial charge in [-0.3, -0.25) is 4.90 Å². The lowest BCUT2D eigenvalue weighted by atomic mass is 9.99. The summed E-state index contributed by atoms with van der Waals surface area (Å²) in [5.41, 5.74) is 3.49. The second-order valence-corrected chi connectivity index (χ2v) is 7.98. The summed E-state index contributed by atoms with van der Waals surface area (Å²) in [6, 6.07) is 30.9. The summed E-state index contributed by atoms with van der Waals surface area (Å²) >= 11 is 0. The van der Waals surface area contributed by atoms with Crippen LogP contribution in [0.1, 0.15) is 29.2 Å². The van der Waals surface area contributed by atoms with E-state index in [9.17, 15) is 4.79 Å². The highest BCUT2D eigenvalue weighted by Crippen LogP contribution is 2.23. The number of hydrogen-bond acceptors (Lipinski definition) is 2. The first-order chi connectivity index (χ1) is 14.7. The normalized spacial score (nSPS) is 16.5. The molecule has 3 aromatic rings. The highest BCUT2D eigenvalue weighted by Gasteiger charge is 2.29. The fraction of sp³-hybridized carbons (Fsp3) is 0.269. The molecule has 3 aromatic carbocycles. The molecule has 154 valence electrons. The summed E-state index contributed by atoms with van der Waals surface area (Å²) in [6.45, 7) is 2.85. The highest BCUT2D eigenvalue weighted by atomic mass is 16.2. The zero-order valence-electron chi connectivity index (χ0n) is 17.4. The van der Waals surface area contributed by atoms with Crippen LogP contribution in [-0.4, -0.2) is 42.0 Å². The summed E-state index contributed by atoms with van der Waals surface area (Å²) in [5.74, 6) is 0. The molecule has 2 amide bonds. The van der Waals surface area contributed by atoms with Gasteiger partial charge in [-0.15, -0.1) is 0 Å². The van der Waals surface area contributed by atoms with Crippen LogP contribution in [0.15, 0.2) is 91.0 Å². The summed E-state index contributed by atoms with van der Waals surface area (Å²) < 4.78 is 0. The lowest BCUT2D eigenvalue weighted by molar-refractivity contribution is 0.186. The van der Waals surface area contributed by atoms with Crippen LogP contribution < -0.4 is 5.32 Å². The van der Waals surface area contributed by atoms with Crippen LogP contribution in [0.4, 0.5) is 4.79 Å². The maximum atomic E-state index is 13.1. The van der Waals surface area contributed by atoms with Gasteiger partial charge in [0.1, 0.15) is 0 Å². The SMILES string of the molecule is CN(C(=O)NC(c1ccccc1)c1ccccc1)[C@@H]1CCN(Cc2ccccc2)C1. The van der Waals surface area contributed by atoms with E-state index < -0.39 is 0 Å². The summed E-state index contributed by atoms with van der Waals surface area (Å²) in [6.07, 6.45) is 0.998. The molecule has 4 nitrogen and oxygen atoms in total. The number of urea groups is 1. The molecule has 0 spiro atoms. The Morgan fingerprint density at radius 2 is 1.47 bits per heavy atom. The minimum atomic E-state index is -0.163. The molecule has 1 fully saturated rings. The van der Waals surface area contributed by atoms with Gasteiger partial charge in [0.15, 0.2) is 0 Å². The van der Waals surface area contributed by atoms with Crippen molar-refractivity contribution in [1.82, 2.24) is 15.1 Å². The van der Waals surface area contributed by atoms with Crippen LogP contribution in [0.25, 0.3) is 0 Å². The molecule has 0 unspecified atom stereocenters. The Bertz CT molecular complexity index is 891. The van der Waals surface area contributed by atoms with E-state index in [1.54, 1.807) is 0 Å². The number of nitrogens with one attached hydrogen (secondary N) is 1. The number of carbonyl (C=O) groups is 1. The minimum Gasteiger partial charge on any atom is -0.327 e. The molecular weight excluding hydrogens is 370 g/mol. The number of hydrogen-bond donors (Lipinski definition) is 1. The Morgan fingerprint density at radius 1 is 0.933 bits per heavy atom. The largest absolute Gasteiger partial charge is 0.327 e. The third-order valence-corrected chi connectivity index (χ3v) is 5.90. The average molecular weight is 400 g/mol. The summed E-state index contributed by atoms with van der Waals surface area (Å²) in [5, 5.41) is 3.26. The molecule has 0 aromatic heterocycles. The molecule has 1 aliphatic rings. The molecule has 0 aliphatic carbocycles. The quantitative estimate of drug-likeness (QED) is 0.653. The highest BCUT2D eigenvalue weighted by molar-refractivity contribution is 5.75. The van der Waals surface area contributed by atoms with Gasteiger partial charge < -0.3 is 10.2 Å². The predicted octanol–water partition coefficient (Wildman–Crippen LogP) is 4.69. The molecule has 4 heteroatoms. The number of nitrogens with zero attached hydrogens (tertiary/aromatic N) is 2. The van der Waals surface area contributed by atoms with Gasteiger partial charge in [0.05, 0.1) is 6.04 Å². The number of likely N-dealkylation sites (N-methyl/N-ethyl adjacent to an activating group) is 1. The minimum absolute atomic E-state index is 0.0285. The van der Waals surface area contributed by atoms with Crippen molar-refractivity contribution in [3.8, 4) is 0 Å². The van der Waals surface area contributed by atoms with Crippen molar-refractivity contribution in [3.63, 3.8) is 0 Å². The Labute approximate surface area is 179 Å². The lowest BCUT2D eigenvalue weighted by Gasteiger charge is -2.28. The zero-order chi connectivity index (χ0) is 20.8. The van der Waals surface area contributed by atoms with Crippen LogP contribution in [-0.2, 0) is 6.54 Å². The molecule has 0 bridgehead atoms. The molecule has 1 aliphatic heterocycles.